The summed E-state index contributed by atoms with van der Waals surface area (Å²) in [7, 11) is 0. The van der Waals surface area contributed by atoms with Gasteiger partial charge in [0.2, 0.25) is 11.8 Å². The van der Waals surface area contributed by atoms with Crippen LogP contribution in [0.4, 0.5) is 0 Å². The summed E-state index contributed by atoms with van der Waals surface area (Å²) in [6.07, 6.45) is -0.361. The Labute approximate surface area is 76.5 Å². The zero-order chi connectivity index (χ0) is 10.1. The van der Waals surface area contributed by atoms with E-state index in [0.29, 0.717) is 0 Å². The summed E-state index contributed by atoms with van der Waals surface area (Å²) >= 11 is 0. The molecule has 0 aliphatic carbocycles. The highest BCUT2D eigenvalue weighted by Gasteiger charge is 1.96. The second-order valence-corrected chi connectivity index (χ2v) is 2.26. The van der Waals surface area contributed by atoms with Gasteiger partial charge in [0.1, 0.15) is 6.42 Å². The van der Waals surface area contributed by atoms with E-state index in [-0.39, 0.29) is 6.42 Å². The van der Waals surface area contributed by atoms with Gasteiger partial charge in [0.15, 0.2) is 0 Å². The topological polar surface area (TPSA) is 86.2 Å². The van der Waals surface area contributed by atoms with Gasteiger partial charge in [-0.15, -0.1) is 0 Å². The first-order valence-electron chi connectivity index (χ1n) is 3.69. The molecule has 0 saturated heterocycles. The van der Waals surface area contributed by atoms with Crippen molar-refractivity contribution in [3.05, 3.63) is 36.4 Å². The van der Waals surface area contributed by atoms with E-state index in [1.165, 1.54) is 0 Å². The lowest BCUT2D eigenvalue weighted by Gasteiger charge is -1.82. The molecule has 4 heteroatoms. The molecule has 0 unspecified atom stereocenters. The van der Waals surface area contributed by atoms with Crippen molar-refractivity contribution in [1.82, 2.24) is 0 Å². The Balaban J connectivity index is 0.000000223. The third-order valence-electron chi connectivity index (χ3n) is 1.02. The normalized spacial score (nSPS) is 8.00. The number of rotatable bonds is 2. The second kappa shape index (κ2) is 6.84. The van der Waals surface area contributed by atoms with Crippen LogP contribution in [0, 0.1) is 0 Å². The lowest BCUT2D eigenvalue weighted by Crippen LogP contribution is -2.21. The molecule has 1 aromatic carbocycles. The molecule has 1 aromatic rings. The van der Waals surface area contributed by atoms with E-state index in [1.54, 1.807) is 0 Å². The van der Waals surface area contributed by atoms with Crippen molar-refractivity contribution in [2.75, 3.05) is 0 Å². The molecule has 70 valence electrons. The minimum absolute atomic E-state index is 0.361. The maximum Gasteiger partial charge on any atom is 0.226 e. The fourth-order valence-corrected chi connectivity index (χ4v) is 0.557. The number of primary amides is 2. The van der Waals surface area contributed by atoms with Crippen LogP contribution in [0.25, 0.3) is 0 Å². The zero-order valence-electron chi connectivity index (χ0n) is 7.14. The van der Waals surface area contributed by atoms with Crippen molar-refractivity contribution in [2.45, 2.75) is 6.42 Å². The Bertz CT molecular complexity index is 221. The molecule has 4 nitrogen and oxygen atoms in total. The van der Waals surface area contributed by atoms with Crippen LogP contribution >= 0.6 is 0 Å². The van der Waals surface area contributed by atoms with E-state index in [4.69, 9.17) is 0 Å². The Morgan fingerprint density at radius 3 is 1.08 bits per heavy atom. The number of benzene rings is 1. The standard InChI is InChI=1S/C6H6.C3H6N2O2/c1-2-4-6-5-3-1;4-2(6)1-3(5)7/h1-6H;1H2,(H2,4,6)(H2,5,7). The maximum absolute atomic E-state index is 9.73. The van der Waals surface area contributed by atoms with E-state index < -0.39 is 11.8 Å². The van der Waals surface area contributed by atoms with Crippen LogP contribution in [-0.4, -0.2) is 11.8 Å². The van der Waals surface area contributed by atoms with Crippen molar-refractivity contribution in [2.24, 2.45) is 11.5 Å². The van der Waals surface area contributed by atoms with Gasteiger partial charge in [0.05, 0.1) is 0 Å². The monoisotopic (exact) mass is 180 g/mol. The van der Waals surface area contributed by atoms with Gasteiger partial charge >= 0.3 is 0 Å². The molecule has 0 aliphatic rings. The minimum Gasteiger partial charge on any atom is -0.369 e. The van der Waals surface area contributed by atoms with Crippen molar-refractivity contribution in [3.8, 4) is 0 Å². The van der Waals surface area contributed by atoms with Crippen LogP contribution < -0.4 is 11.5 Å². The number of amides is 2. The average molecular weight is 180 g/mol. The molecule has 0 aliphatic heterocycles. The van der Waals surface area contributed by atoms with E-state index in [2.05, 4.69) is 11.5 Å². The highest BCUT2D eigenvalue weighted by molar-refractivity contribution is 5.95. The summed E-state index contributed by atoms with van der Waals surface area (Å²) in [6.45, 7) is 0. The average Bonchev–Trinajstić information content (AvgIpc) is 2.06. The van der Waals surface area contributed by atoms with Gasteiger partial charge in [0.25, 0.3) is 0 Å². The van der Waals surface area contributed by atoms with Crippen LogP contribution in [0.3, 0.4) is 0 Å². The summed E-state index contributed by atoms with van der Waals surface area (Å²) in [5, 5.41) is 0. The summed E-state index contributed by atoms with van der Waals surface area (Å²) in [5.41, 5.74) is 9.11. The summed E-state index contributed by atoms with van der Waals surface area (Å²) in [4.78, 5) is 19.5. The largest absolute Gasteiger partial charge is 0.369 e. The van der Waals surface area contributed by atoms with E-state index >= 15 is 0 Å². The Kier molecular flexibility index (Phi) is 5.88. The van der Waals surface area contributed by atoms with Crippen molar-refractivity contribution >= 4 is 11.8 Å². The van der Waals surface area contributed by atoms with Gasteiger partial charge in [-0.1, -0.05) is 36.4 Å². The number of hydrogen-bond acceptors (Lipinski definition) is 2. The molecule has 0 radical (unpaired) electrons. The highest BCUT2D eigenvalue weighted by Crippen LogP contribution is 1.79. The molecule has 1 rings (SSSR count). The van der Waals surface area contributed by atoms with Crippen molar-refractivity contribution < 1.29 is 9.59 Å². The second-order valence-electron chi connectivity index (χ2n) is 2.26. The number of carbonyl (C=O) groups excluding carboxylic acids is 2. The van der Waals surface area contributed by atoms with Gasteiger partial charge in [-0.25, -0.2) is 0 Å². The molecule has 0 saturated carbocycles. The quantitative estimate of drug-likeness (QED) is 0.629. The lowest BCUT2D eigenvalue weighted by molar-refractivity contribution is -0.125. The van der Waals surface area contributed by atoms with Crippen molar-refractivity contribution in [3.63, 3.8) is 0 Å². The van der Waals surface area contributed by atoms with Gasteiger partial charge in [0, 0.05) is 0 Å². The van der Waals surface area contributed by atoms with Gasteiger partial charge < -0.3 is 11.5 Å². The molecule has 0 spiro atoms. The molecule has 13 heavy (non-hydrogen) atoms. The highest BCUT2D eigenvalue weighted by atomic mass is 16.2. The maximum atomic E-state index is 9.73. The van der Waals surface area contributed by atoms with E-state index in [1.807, 2.05) is 36.4 Å². The first-order chi connectivity index (χ1) is 6.13. The minimum atomic E-state index is -0.687. The summed E-state index contributed by atoms with van der Waals surface area (Å²) in [5.74, 6) is -1.37. The third kappa shape index (κ3) is 10.2. The van der Waals surface area contributed by atoms with Crippen LogP contribution in [-0.2, 0) is 9.59 Å². The third-order valence-corrected chi connectivity index (χ3v) is 1.02. The molecular formula is C9H12N2O2. The molecule has 0 fully saturated rings. The predicted molar refractivity (Wildman–Crippen MR) is 49.4 cm³/mol. The molecular weight excluding hydrogens is 168 g/mol. The van der Waals surface area contributed by atoms with Crippen molar-refractivity contribution in [1.29, 1.82) is 0 Å². The van der Waals surface area contributed by atoms with Gasteiger partial charge in [-0.05, 0) is 0 Å². The molecule has 0 heterocycles. The van der Waals surface area contributed by atoms with Crippen LogP contribution in [0.1, 0.15) is 6.42 Å². The van der Waals surface area contributed by atoms with Crippen LogP contribution in [0.2, 0.25) is 0 Å². The fraction of sp³-hybridized carbons (Fsp3) is 0.111. The summed E-state index contributed by atoms with van der Waals surface area (Å²) in [6, 6.07) is 12.0. The Hall–Kier alpha value is -1.84. The Morgan fingerprint density at radius 1 is 0.769 bits per heavy atom. The molecule has 0 bridgehead atoms. The van der Waals surface area contributed by atoms with Gasteiger partial charge in [-0.3, -0.25) is 9.59 Å². The van der Waals surface area contributed by atoms with E-state index in [9.17, 15) is 9.59 Å². The van der Waals surface area contributed by atoms with Crippen LogP contribution in [0.5, 0.6) is 0 Å². The number of nitrogens with two attached hydrogens (primary N) is 2. The number of hydrogen-bond donors (Lipinski definition) is 2. The van der Waals surface area contributed by atoms with Gasteiger partial charge in [-0.2, -0.15) is 0 Å². The molecule has 4 N–H and O–H groups in total. The molecule has 2 amide bonds. The zero-order valence-corrected chi connectivity index (χ0v) is 7.14. The van der Waals surface area contributed by atoms with Crippen LogP contribution in [0.15, 0.2) is 36.4 Å². The van der Waals surface area contributed by atoms with E-state index in [0.717, 1.165) is 0 Å². The first kappa shape index (κ1) is 11.2. The fourth-order valence-electron chi connectivity index (χ4n) is 0.557. The number of carbonyl (C=O) groups is 2. The molecule has 0 aromatic heterocycles. The molecule has 0 atom stereocenters. The summed E-state index contributed by atoms with van der Waals surface area (Å²) < 4.78 is 0. The first-order valence-corrected chi connectivity index (χ1v) is 3.69. The Morgan fingerprint density at radius 2 is 1.00 bits per heavy atom. The predicted octanol–water partition coefficient (Wildman–Crippen LogP) is 0.0337. The smallest absolute Gasteiger partial charge is 0.226 e. The SMILES string of the molecule is NC(=O)CC(N)=O.c1ccccc1. The lowest BCUT2D eigenvalue weighted by atomic mass is 10.4.